The van der Waals surface area contributed by atoms with Gasteiger partial charge in [0.05, 0.1) is 16.6 Å². The third-order valence-corrected chi connectivity index (χ3v) is 3.03. The van der Waals surface area contributed by atoms with Gasteiger partial charge in [-0.25, -0.2) is 13.8 Å². The Morgan fingerprint density at radius 3 is 2.71 bits per heavy atom. The molecule has 0 spiro atoms. The molecule has 3 nitrogen and oxygen atoms in total. The largest absolute Gasteiger partial charge is 0.337 e. The van der Waals surface area contributed by atoms with E-state index in [2.05, 4.69) is 9.97 Å². The highest BCUT2D eigenvalue weighted by Crippen LogP contribution is 2.20. The Hall–Kier alpha value is -3.00. The first-order valence-electron chi connectivity index (χ1n) is 6.19. The molecule has 21 heavy (non-hydrogen) atoms. The summed E-state index contributed by atoms with van der Waals surface area (Å²) in [5, 5.41) is 9.24. The molecule has 0 aliphatic rings. The van der Waals surface area contributed by atoms with Gasteiger partial charge in [-0.2, -0.15) is 5.26 Å². The fourth-order valence-electron chi connectivity index (χ4n) is 2.01. The molecule has 0 bridgehead atoms. The van der Waals surface area contributed by atoms with Gasteiger partial charge in [0.2, 0.25) is 0 Å². The summed E-state index contributed by atoms with van der Waals surface area (Å²) < 4.78 is 26.5. The molecule has 0 aliphatic carbocycles. The van der Waals surface area contributed by atoms with Gasteiger partial charge in [-0.15, -0.1) is 0 Å². The predicted octanol–water partition coefficient (Wildman–Crippen LogP) is 3.91. The molecule has 0 radical (unpaired) electrons. The lowest BCUT2D eigenvalue weighted by Crippen LogP contribution is -1.88. The minimum Gasteiger partial charge on any atom is -0.337 e. The van der Waals surface area contributed by atoms with Crippen molar-refractivity contribution < 1.29 is 8.78 Å². The minimum absolute atomic E-state index is 0.133. The Morgan fingerprint density at radius 1 is 1.19 bits per heavy atom. The standard InChI is InChI=1S/C16H9F2N3/c17-12-6-5-10(13(18)8-12)7-11(9-19)16-20-14-3-1-2-4-15(14)21-16/h1-8H,(H,20,21)/b11-7+. The average Bonchev–Trinajstić information content (AvgIpc) is 2.90. The summed E-state index contributed by atoms with van der Waals surface area (Å²) in [7, 11) is 0. The van der Waals surface area contributed by atoms with Gasteiger partial charge in [-0.1, -0.05) is 12.1 Å². The predicted molar refractivity (Wildman–Crippen MR) is 75.9 cm³/mol. The lowest BCUT2D eigenvalue weighted by molar-refractivity contribution is 0.581. The van der Waals surface area contributed by atoms with Gasteiger partial charge in [0.1, 0.15) is 23.5 Å². The van der Waals surface area contributed by atoms with Gasteiger partial charge >= 0.3 is 0 Å². The number of nitrogens with zero attached hydrogens (tertiary/aromatic N) is 2. The lowest BCUT2D eigenvalue weighted by Gasteiger charge is -1.98. The minimum atomic E-state index is -0.723. The van der Waals surface area contributed by atoms with Gasteiger partial charge in [-0.05, 0) is 30.3 Å². The summed E-state index contributed by atoms with van der Waals surface area (Å²) in [6, 6.07) is 12.5. The fraction of sp³-hybridized carbons (Fsp3) is 0. The lowest BCUT2D eigenvalue weighted by atomic mass is 10.1. The number of nitrogens with one attached hydrogen (secondary N) is 1. The molecular weight excluding hydrogens is 272 g/mol. The van der Waals surface area contributed by atoms with Crippen LogP contribution in [-0.2, 0) is 0 Å². The zero-order valence-electron chi connectivity index (χ0n) is 10.8. The van der Waals surface area contributed by atoms with E-state index in [-0.39, 0.29) is 11.1 Å². The maximum absolute atomic E-state index is 13.6. The van der Waals surface area contributed by atoms with Crippen LogP contribution < -0.4 is 0 Å². The van der Waals surface area contributed by atoms with Crippen molar-refractivity contribution >= 4 is 22.7 Å². The topological polar surface area (TPSA) is 52.5 Å². The molecule has 0 saturated carbocycles. The molecule has 0 aliphatic heterocycles. The number of allylic oxidation sites excluding steroid dienone is 1. The molecule has 1 N–H and O–H groups in total. The molecule has 0 saturated heterocycles. The highest BCUT2D eigenvalue weighted by atomic mass is 19.1. The summed E-state index contributed by atoms with van der Waals surface area (Å²) in [6.07, 6.45) is 1.34. The van der Waals surface area contributed by atoms with E-state index in [9.17, 15) is 14.0 Å². The van der Waals surface area contributed by atoms with Crippen LogP contribution in [0.1, 0.15) is 11.4 Å². The zero-order valence-corrected chi connectivity index (χ0v) is 10.8. The molecule has 0 fully saturated rings. The number of hydrogen-bond donors (Lipinski definition) is 1. The molecule has 0 unspecified atom stereocenters. The second-order valence-electron chi connectivity index (χ2n) is 4.44. The normalized spacial score (nSPS) is 11.6. The van der Waals surface area contributed by atoms with Crippen molar-refractivity contribution in [1.29, 1.82) is 5.26 Å². The zero-order chi connectivity index (χ0) is 14.8. The first-order valence-corrected chi connectivity index (χ1v) is 6.19. The van der Waals surface area contributed by atoms with Crippen LogP contribution >= 0.6 is 0 Å². The Balaban J connectivity index is 2.09. The monoisotopic (exact) mass is 281 g/mol. The number of aromatic nitrogens is 2. The quantitative estimate of drug-likeness (QED) is 0.724. The third kappa shape index (κ3) is 2.51. The van der Waals surface area contributed by atoms with Gasteiger partial charge < -0.3 is 4.98 Å². The number of para-hydroxylation sites is 2. The van der Waals surface area contributed by atoms with E-state index < -0.39 is 11.6 Å². The molecule has 0 atom stereocenters. The first kappa shape index (κ1) is 13.0. The van der Waals surface area contributed by atoms with Crippen LogP contribution in [0.2, 0.25) is 0 Å². The van der Waals surface area contributed by atoms with E-state index in [1.54, 1.807) is 0 Å². The van der Waals surface area contributed by atoms with Crippen molar-refractivity contribution in [3.8, 4) is 6.07 Å². The van der Waals surface area contributed by atoms with Crippen LogP contribution in [0, 0.1) is 23.0 Å². The Kier molecular flexibility index (Phi) is 3.20. The molecule has 1 aromatic heterocycles. The van der Waals surface area contributed by atoms with Crippen molar-refractivity contribution in [3.05, 3.63) is 65.5 Å². The number of benzene rings is 2. The van der Waals surface area contributed by atoms with Crippen molar-refractivity contribution in [1.82, 2.24) is 9.97 Å². The van der Waals surface area contributed by atoms with Crippen LogP contribution in [0.4, 0.5) is 8.78 Å². The van der Waals surface area contributed by atoms with E-state index in [1.165, 1.54) is 12.1 Å². The maximum atomic E-state index is 13.6. The van der Waals surface area contributed by atoms with Gasteiger partial charge in [0, 0.05) is 11.6 Å². The van der Waals surface area contributed by atoms with Gasteiger partial charge in [0.25, 0.3) is 0 Å². The molecule has 1 heterocycles. The van der Waals surface area contributed by atoms with Crippen LogP contribution in [0.25, 0.3) is 22.7 Å². The molecule has 3 aromatic rings. The van der Waals surface area contributed by atoms with E-state index >= 15 is 0 Å². The summed E-state index contributed by atoms with van der Waals surface area (Å²) in [6.45, 7) is 0. The third-order valence-electron chi connectivity index (χ3n) is 3.03. The Labute approximate surface area is 119 Å². The van der Waals surface area contributed by atoms with E-state index in [4.69, 9.17) is 0 Å². The number of aromatic amines is 1. The van der Waals surface area contributed by atoms with Crippen LogP contribution in [0.15, 0.2) is 42.5 Å². The van der Waals surface area contributed by atoms with Crippen molar-refractivity contribution in [3.63, 3.8) is 0 Å². The van der Waals surface area contributed by atoms with Crippen LogP contribution in [0.5, 0.6) is 0 Å². The van der Waals surface area contributed by atoms with E-state index in [0.29, 0.717) is 11.3 Å². The molecule has 0 amide bonds. The number of hydrogen-bond acceptors (Lipinski definition) is 2. The smallest absolute Gasteiger partial charge is 0.149 e. The van der Waals surface area contributed by atoms with E-state index in [1.807, 2.05) is 30.3 Å². The van der Waals surface area contributed by atoms with Crippen molar-refractivity contribution in [2.45, 2.75) is 0 Å². The Bertz CT molecular complexity index is 855. The summed E-state index contributed by atoms with van der Waals surface area (Å²) in [4.78, 5) is 7.28. The first-order chi connectivity index (χ1) is 10.2. The SMILES string of the molecule is N#C/C(=C\c1ccc(F)cc1F)c1nc2ccccc2[nH]1. The highest BCUT2D eigenvalue weighted by molar-refractivity contribution is 5.90. The van der Waals surface area contributed by atoms with Crippen molar-refractivity contribution in [2.75, 3.05) is 0 Å². The summed E-state index contributed by atoms with van der Waals surface area (Å²) in [5.41, 5.74) is 1.81. The number of fused-ring (bicyclic) bond motifs is 1. The number of rotatable bonds is 2. The average molecular weight is 281 g/mol. The number of imidazole rings is 1. The van der Waals surface area contributed by atoms with E-state index in [0.717, 1.165) is 17.6 Å². The van der Waals surface area contributed by atoms with Gasteiger partial charge in [-0.3, -0.25) is 0 Å². The number of halogens is 2. The van der Waals surface area contributed by atoms with Crippen LogP contribution in [-0.4, -0.2) is 9.97 Å². The van der Waals surface area contributed by atoms with Crippen LogP contribution in [0.3, 0.4) is 0 Å². The van der Waals surface area contributed by atoms with Crippen molar-refractivity contribution in [2.24, 2.45) is 0 Å². The summed E-state index contributed by atoms with van der Waals surface area (Å²) >= 11 is 0. The molecular formula is C16H9F2N3. The molecule has 102 valence electrons. The number of nitriles is 1. The molecule has 3 rings (SSSR count). The summed E-state index contributed by atoms with van der Waals surface area (Å²) in [5.74, 6) is -1.03. The highest BCUT2D eigenvalue weighted by Gasteiger charge is 2.09. The second kappa shape index (κ2) is 5.17. The second-order valence-corrected chi connectivity index (χ2v) is 4.44. The Morgan fingerprint density at radius 2 is 2.00 bits per heavy atom. The maximum Gasteiger partial charge on any atom is 0.149 e. The number of H-pyrrole nitrogens is 1. The molecule has 5 heteroatoms. The molecule has 2 aromatic carbocycles. The fourth-order valence-corrected chi connectivity index (χ4v) is 2.01. The van der Waals surface area contributed by atoms with Gasteiger partial charge in [0.15, 0.2) is 0 Å².